The minimum Gasteiger partial charge on any atom is -0.0648 e. The van der Waals surface area contributed by atoms with Gasteiger partial charge in [0.05, 0.1) is 0 Å². The van der Waals surface area contributed by atoms with Gasteiger partial charge in [0.15, 0.2) is 0 Å². The average molecular weight is 252 g/mol. The van der Waals surface area contributed by atoms with Crippen molar-refractivity contribution in [2.24, 2.45) is 0 Å². The van der Waals surface area contributed by atoms with Crippen LogP contribution in [-0.2, 0) is 0 Å². The highest BCUT2D eigenvalue weighted by molar-refractivity contribution is 5.36. The fraction of sp³-hybridized carbons (Fsp3) is 0.368. The van der Waals surface area contributed by atoms with Gasteiger partial charge in [0.1, 0.15) is 0 Å². The summed E-state index contributed by atoms with van der Waals surface area (Å²) < 4.78 is 0. The van der Waals surface area contributed by atoms with E-state index in [1.165, 1.54) is 28.7 Å². The maximum atomic E-state index is 2.36. The Morgan fingerprint density at radius 3 is 1.74 bits per heavy atom. The minimum atomic E-state index is 0.562. The van der Waals surface area contributed by atoms with Crippen LogP contribution >= 0.6 is 0 Å². The van der Waals surface area contributed by atoms with Gasteiger partial charge in [-0.1, -0.05) is 62.4 Å². The van der Waals surface area contributed by atoms with Crippen LogP contribution < -0.4 is 0 Å². The van der Waals surface area contributed by atoms with Gasteiger partial charge in [-0.15, -0.1) is 0 Å². The van der Waals surface area contributed by atoms with E-state index >= 15 is 0 Å². The molecular formula is C19H24. The summed E-state index contributed by atoms with van der Waals surface area (Å²) in [6.07, 6.45) is 1.18. The first-order chi connectivity index (χ1) is 9.15. The van der Waals surface area contributed by atoms with E-state index in [0.29, 0.717) is 11.8 Å². The van der Waals surface area contributed by atoms with Gasteiger partial charge in [0.25, 0.3) is 0 Å². The number of rotatable bonds is 4. The Kier molecular flexibility index (Phi) is 4.42. The molecule has 0 nitrogen and oxygen atoms in total. The monoisotopic (exact) mass is 252 g/mol. The summed E-state index contributed by atoms with van der Waals surface area (Å²) in [6.45, 7) is 9.10. The molecule has 0 fully saturated rings. The molecule has 0 saturated heterocycles. The molecule has 100 valence electrons. The van der Waals surface area contributed by atoms with Gasteiger partial charge in [0.2, 0.25) is 0 Å². The Balaban J connectivity index is 2.38. The van der Waals surface area contributed by atoms with Crippen LogP contribution in [0, 0.1) is 13.8 Å². The van der Waals surface area contributed by atoms with Gasteiger partial charge in [-0.05, 0) is 54.4 Å². The Labute approximate surface area is 117 Å². The van der Waals surface area contributed by atoms with Gasteiger partial charge in [-0.2, -0.15) is 0 Å². The molecule has 0 spiro atoms. The summed E-state index contributed by atoms with van der Waals surface area (Å²) in [7, 11) is 0. The highest BCUT2D eigenvalue weighted by Crippen LogP contribution is 2.37. The average Bonchev–Trinajstić information content (AvgIpc) is 2.42. The first kappa shape index (κ1) is 13.9. The molecule has 2 aromatic rings. The van der Waals surface area contributed by atoms with E-state index < -0.39 is 0 Å². The smallest absolute Gasteiger partial charge is 0.00956 e. The Morgan fingerprint density at radius 1 is 0.789 bits per heavy atom. The first-order valence-electron chi connectivity index (χ1n) is 7.26. The molecule has 0 bridgehead atoms. The topological polar surface area (TPSA) is 0 Å². The summed E-state index contributed by atoms with van der Waals surface area (Å²) >= 11 is 0. The van der Waals surface area contributed by atoms with E-state index in [4.69, 9.17) is 0 Å². The summed E-state index contributed by atoms with van der Waals surface area (Å²) in [5.74, 6) is 1.16. The van der Waals surface area contributed by atoms with Crippen LogP contribution in [0.4, 0.5) is 0 Å². The summed E-state index contributed by atoms with van der Waals surface area (Å²) in [5.41, 5.74) is 5.80. The fourth-order valence-electron chi connectivity index (χ4n) is 3.16. The third kappa shape index (κ3) is 2.89. The van der Waals surface area contributed by atoms with Crippen LogP contribution in [-0.4, -0.2) is 0 Å². The van der Waals surface area contributed by atoms with Gasteiger partial charge < -0.3 is 0 Å². The molecule has 0 aliphatic carbocycles. The summed E-state index contributed by atoms with van der Waals surface area (Å²) in [6, 6.07) is 17.6. The van der Waals surface area contributed by atoms with E-state index in [9.17, 15) is 0 Å². The maximum absolute atomic E-state index is 2.36. The van der Waals surface area contributed by atoms with Gasteiger partial charge >= 0.3 is 0 Å². The van der Waals surface area contributed by atoms with E-state index in [1.54, 1.807) is 0 Å². The Hall–Kier alpha value is -1.56. The lowest BCUT2D eigenvalue weighted by molar-refractivity contribution is 0.554. The second-order valence-corrected chi connectivity index (χ2v) is 5.52. The zero-order chi connectivity index (χ0) is 13.8. The van der Waals surface area contributed by atoms with Gasteiger partial charge in [0, 0.05) is 0 Å². The van der Waals surface area contributed by atoms with Crippen molar-refractivity contribution in [2.75, 3.05) is 0 Å². The van der Waals surface area contributed by atoms with Gasteiger partial charge in [-0.25, -0.2) is 0 Å². The minimum absolute atomic E-state index is 0.562. The van der Waals surface area contributed by atoms with Crippen molar-refractivity contribution < 1.29 is 0 Å². The van der Waals surface area contributed by atoms with Crippen molar-refractivity contribution >= 4 is 0 Å². The fourth-order valence-corrected chi connectivity index (χ4v) is 3.16. The molecule has 2 rings (SSSR count). The van der Waals surface area contributed by atoms with Crippen LogP contribution in [0.5, 0.6) is 0 Å². The predicted molar refractivity (Wildman–Crippen MR) is 83.8 cm³/mol. The normalized spacial score (nSPS) is 14.1. The molecule has 0 radical (unpaired) electrons. The quantitative estimate of drug-likeness (QED) is 0.664. The lowest BCUT2D eigenvalue weighted by Crippen LogP contribution is -2.10. The largest absolute Gasteiger partial charge is 0.0648 e. The zero-order valence-electron chi connectivity index (χ0n) is 12.5. The molecule has 0 aromatic heterocycles. The van der Waals surface area contributed by atoms with E-state index in [0.717, 1.165) is 0 Å². The number of benzene rings is 2. The predicted octanol–water partition coefficient (Wildman–Crippen LogP) is 5.60. The maximum Gasteiger partial charge on any atom is -0.00956 e. The van der Waals surface area contributed by atoms with Crippen molar-refractivity contribution in [1.82, 2.24) is 0 Å². The molecule has 0 aliphatic heterocycles. The van der Waals surface area contributed by atoms with Crippen LogP contribution in [0.25, 0.3) is 0 Å². The molecule has 19 heavy (non-hydrogen) atoms. The zero-order valence-corrected chi connectivity index (χ0v) is 12.5. The van der Waals surface area contributed by atoms with Crippen LogP contribution in [0.15, 0.2) is 48.5 Å². The molecule has 0 N–H and O–H groups in total. The molecule has 2 aromatic carbocycles. The lowest BCUT2D eigenvalue weighted by Gasteiger charge is -2.26. The van der Waals surface area contributed by atoms with Gasteiger partial charge in [-0.3, -0.25) is 0 Å². The SMILES string of the molecule is CCC(c1ccccc1C)C(C)c1ccccc1C. The summed E-state index contributed by atoms with van der Waals surface area (Å²) in [5, 5.41) is 0. The van der Waals surface area contributed by atoms with E-state index in [1.807, 2.05) is 0 Å². The van der Waals surface area contributed by atoms with Crippen LogP contribution in [0.3, 0.4) is 0 Å². The lowest BCUT2D eigenvalue weighted by atomic mass is 9.78. The Morgan fingerprint density at radius 2 is 1.26 bits per heavy atom. The molecule has 2 atom stereocenters. The van der Waals surface area contributed by atoms with Crippen molar-refractivity contribution in [3.8, 4) is 0 Å². The molecule has 0 aliphatic rings. The van der Waals surface area contributed by atoms with Crippen molar-refractivity contribution in [2.45, 2.75) is 46.0 Å². The number of hydrogen-bond acceptors (Lipinski definition) is 0. The second kappa shape index (κ2) is 6.06. The van der Waals surface area contributed by atoms with Crippen molar-refractivity contribution in [3.63, 3.8) is 0 Å². The number of hydrogen-bond donors (Lipinski definition) is 0. The molecule has 0 heteroatoms. The molecule has 0 saturated carbocycles. The third-order valence-electron chi connectivity index (χ3n) is 4.31. The summed E-state index contributed by atoms with van der Waals surface area (Å²) in [4.78, 5) is 0. The molecular weight excluding hydrogens is 228 g/mol. The van der Waals surface area contributed by atoms with E-state index in [2.05, 4.69) is 76.2 Å². The standard InChI is InChI=1S/C19H24/c1-5-17(19-13-9-7-11-15(19)3)16(4)18-12-8-6-10-14(18)2/h6-13,16-17H,5H2,1-4H3. The van der Waals surface area contributed by atoms with Crippen LogP contribution in [0.1, 0.15) is 54.4 Å². The molecule has 2 unspecified atom stereocenters. The van der Waals surface area contributed by atoms with Crippen LogP contribution in [0.2, 0.25) is 0 Å². The first-order valence-corrected chi connectivity index (χ1v) is 7.26. The number of aryl methyl sites for hydroxylation is 2. The van der Waals surface area contributed by atoms with Crippen molar-refractivity contribution in [3.05, 3.63) is 70.8 Å². The molecule has 0 heterocycles. The Bertz CT molecular complexity index is 539. The second-order valence-electron chi connectivity index (χ2n) is 5.52. The highest BCUT2D eigenvalue weighted by atomic mass is 14.3. The van der Waals surface area contributed by atoms with E-state index in [-0.39, 0.29) is 0 Å². The third-order valence-corrected chi connectivity index (χ3v) is 4.31. The molecule has 0 amide bonds. The highest BCUT2D eigenvalue weighted by Gasteiger charge is 2.21. The van der Waals surface area contributed by atoms with Crippen molar-refractivity contribution in [1.29, 1.82) is 0 Å².